The molecule has 1 amide bonds. The van der Waals surface area contributed by atoms with Crippen LogP contribution in [0.4, 0.5) is 0 Å². The van der Waals surface area contributed by atoms with Gasteiger partial charge in [0.05, 0.1) is 5.54 Å². The van der Waals surface area contributed by atoms with Crippen LogP contribution in [-0.2, 0) is 11.3 Å². The number of amides is 1. The molecule has 1 N–H and O–H groups in total. The number of rotatable bonds is 3. The number of carbonyl (C=O) groups excluding carboxylic acids is 1. The first kappa shape index (κ1) is 15.8. The van der Waals surface area contributed by atoms with Crippen LogP contribution in [0.2, 0.25) is 0 Å². The van der Waals surface area contributed by atoms with Gasteiger partial charge < -0.3 is 10.0 Å². The molecule has 1 unspecified atom stereocenters. The number of carboxylic acids is 1. The average molecular weight is 336 g/mol. The lowest BCUT2D eigenvalue weighted by Crippen LogP contribution is -2.58. The zero-order chi connectivity index (χ0) is 17.4. The zero-order valence-electron chi connectivity index (χ0n) is 13.9. The standard InChI is InChI=1S/C20H20N2O3/c23-18-16-8-2-1-7-15(16)17(19(24)25)20(9-3-4-10-20)22(18)13-14-6-5-11-21-12-14/h1-2,5-8,11-12,17H,3-4,9-10,13H2,(H,24,25). The van der Waals surface area contributed by atoms with Crippen LogP contribution in [0.15, 0.2) is 48.8 Å². The van der Waals surface area contributed by atoms with Gasteiger partial charge in [-0.1, -0.05) is 37.1 Å². The molecule has 1 fully saturated rings. The van der Waals surface area contributed by atoms with Crippen molar-refractivity contribution in [2.75, 3.05) is 0 Å². The summed E-state index contributed by atoms with van der Waals surface area (Å²) >= 11 is 0. The molecular formula is C20H20N2O3. The normalized spacial score (nSPS) is 21.4. The Labute approximate surface area is 146 Å². The van der Waals surface area contributed by atoms with E-state index >= 15 is 0 Å². The molecule has 1 aromatic carbocycles. The van der Waals surface area contributed by atoms with Gasteiger partial charge >= 0.3 is 5.97 Å². The lowest BCUT2D eigenvalue weighted by atomic mass is 9.71. The average Bonchev–Trinajstić information content (AvgIpc) is 3.09. The molecule has 2 heterocycles. The third kappa shape index (κ3) is 2.42. The summed E-state index contributed by atoms with van der Waals surface area (Å²) in [6.07, 6.45) is 6.79. The topological polar surface area (TPSA) is 70.5 Å². The van der Waals surface area contributed by atoms with Gasteiger partial charge in [-0.3, -0.25) is 14.6 Å². The second-order valence-electron chi connectivity index (χ2n) is 6.92. The number of benzene rings is 1. The maximum absolute atomic E-state index is 13.3. The molecule has 25 heavy (non-hydrogen) atoms. The molecule has 1 atom stereocenters. The summed E-state index contributed by atoms with van der Waals surface area (Å²) < 4.78 is 0. The molecule has 4 rings (SSSR count). The predicted molar refractivity (Wildman–Crippen MR) is 92.1 cm³/mol. The molecule has 1 aromatic heterocycles. The summed E-state index contributed by atoms with van der Waals surface area (Å²) in [5, 5.41) is 10.0. The van der Waals surface area contributed by atoms with E-state index in [1.807, 2.05) is 18.2 Å². The van der Waals surface area contributed by atoms with Crippen molar-refractivity contribution in [3.8, 4) is 0 Å². The summed E-state index contributed by atoms with van der Waals surface area (Å²) in [6, 6.07) is 10.9. The third-order valence-electron chi connectivity index (χ3n) is 5.60. The molecule has 0 radical (unpaired) electrons. The Morgan fingerprint density at radius 3 is 2.64 bits per heavy atom. The predicted octanol–water partition coefficient (Wildman–Crippen LogP) is 3.22. The summed E-state index contributed by atoms with van der Waals surface area (Å²) in [7, 11) is 0. The van der Waals surface area contributed by atoms with E-state index in [0.29, 0.717) is 17.7 Å². The van der Waals surface area contributed by atoms with Crippen LogP contribution in [-0.4, -0.2) is 32.4 Å². The van der Waals surface area contributed by atoms with Gasteiger partial charge in [0.25, 0.3) is 5.91 Å². The van der Waals surface area contributed by atoms with Crippen LogP contribution in [0.5, 0.6) is 0 Å². The molecule has 5 nitrogen and oxygen atoms in total. The first-order valence-electron chi connectivity index (χ1n) is 8.66. The number of fused-ring (bicyclic) bond motifs is 1. The highest BCUT2D eigenvalue weighted by molar-refractivity contribution is 6.01. The smallest absolute Gasteiger partial charge is 0.313 e. The number of carbonyl (C=O) groups is 2. The number of aromatic nitrogens is 1. The summed E-state index contributed by atoms with van der Waals surface area (Å²) in [6.45, 7) is 0.394. The van der Waals surface area contributed by atoms with Crippen molar-refractivity contribution in [1.29, 1.82) is 0 Å². The molecule has 2 aromatic rings. The second-order valence-corrected chi connectivity index (χ2v) is 6.92. The number of hydrogen-bond acceptors (Lipinski definition) is 3. The lowest BCUT2D eigenvalue weighted by molar-refractivity contribution is -0.143. The van der Waals surface area contributed by atoms with Crippen LogP contribution in [0.25, 0.3) is 0 Å². The molecule has 1 saturated carbocycles. The maximum atomic E-state index is 13.3. The monoisotopic (exact) mass is 336 g/mol. The Balaban J connectivity index is 1.87. The Hall–Kier alpha value is -2.69. The molecule has 1 aliphatic carbocycles. The number of carboxylic acid groups (broad SMARTS) is 1. The van der Waals surface area contributed by atoms with Crippen molar-refractivity contribution in [3.63, 3.8) is 0 Å². The quantitative estimate of drug-likeness (QED) is 0.934. The second kappa shape index (κ2) is 5.99. The molecule has 0 saturated heterocycles. The van der Waals surface area contributed by atoms with E-state index in [9.17, 15) is 14.7 Å². The van der Waals surface area contributed by atoms with E-state index in [2.05, 4.69) is 4.98 Å². The SMILES string of the molecule is O=C(O)C1c2ccccc2C(=O)N(Cc2cccnc2)C12CCCC2. The zero-order valence-corrected chi connectivity index (χ0v) is 13.9. The first-order chi connectivity index (χ1) is 12.1. The fourth-order valence-electron chi connectivity index (χ4n) is 4.55. The summed E-state index contributed by atoms with van der Waals surface area (Å²) in [5.41, 5.74) is 1.44. The number of aliphatic carboxylic acids is 1. The van der Waals surface area contributed by atoms with Gasteiger partial charge in [0.2, 0.25) is 0 Å². The van der Waals surface area contributed by atoms with Crippen molar-refractivity contribution < 1.29 is 14.7 Å². The first-order valence-corrected chi connectivity index (χ1v) is 8.66. The van der Waals surface area contributed by atoms with Gasteiger partial charge in [-0.15, -0.1) is 0 Å². The maximum Gasteiger partial charge on any atom is 0.313 e. The third-order valence-corrected chi connectivity index (χ3v) is 5.60. The lowest BCUT2D eigenvalue weighted by Gasteiger charge is -2.49. The molecular weight excluding hydrogens is 316 g/mol. The Morgan fingerprint density at radius 1 is 1.20 bits per heavy atom. The highest BCUT2D eigenvalue weighted by atomic mass is 16.4. The fraction of sp³-hybridized carbons (Fsp3) is 0.350. The van der Waals surface area contributed by atoms with Gasteiger partial charge in [0.15, 0.2) is 0 Å². The van der Waals surface area contributed by atoms with Crippen LogP contribution < -0.4 is 0 Å². The molecule has 2 aliphatic rings. The van der Waals surface area contributed by atoms with Crippen LogP contribution in [0.1, 0.15) is 53.1 Å². The Bertz CT molecular complexity index is 813. The van der Waals surface area contributed by atoms with Gasteiger partial charge in [-0.05, 0) is 36.1 Å². The number of pyridine rings is 1. The van der Waals surface area contributed by atoms with Crippen molar-refractivity contribution >= 4 is 11.9 Å². The minimum absolute atomic E-state index is 0.0705. The number of hydrogen-bond donors (Lipinski definition) is 1. The highest BCUT2D eigenvalue weighted by Crippen LogP contribution is 2.50. The van der Waals surface area contributed by atoms with E-state index in [1.54, 1.807) is 35.5 Å². The van der Waals surface area contributed by atoms with Crippen molar-refractivity contribution in [2.45, 2.75) is 43.7 Å². The Kier molecular flexibility index (Phi) is 3.79. The van der Waals surface area contributed by atoms with Crippen molar-refractivity contribution in [1.82, 2.24) is 9.88 Å². The van der Waals surface area contributed by atoms with E-state index in [4.69, 9.17) is 0 Å². The van der Waals surface area contributed by atoms with Gasteiger partial charge in [-0.25, -0.2) is 0 Å². The van der Waals surface area contributed by atoms with Gasteiger partial charge in [0, 0.05) is 24.5 Å². The van der Waals surface area contributed by atoms with Crippen molar-refractivity contribution in [2.24, 2.45) is 0 Å². The molecule has 0 bridgehead atoms. The molecule has 5 heteroatoms. The van der Waals surface area contributed by atoms with Gasteiger partial charge in [0.1, 0.15) is 5.92 Å². The van der Waals surface area contributed by atoms with Crippen LogP contribution in [0.3, 0.4) is 0 Å². The largest absolute Gasteiger partial charge is 0.481 e. The molecule has 128 valence electrons. The van der Waals surface area contributed by atoms with Gasteiger partial charge in [-0.2, -0.15) is 0 Å². The highest BCUT2D eigenvalue weighted by Gasteiger charge is 2.55. The van der Waals surface area contributed by atoms with Crippen LogP contribution in [0, 0.1) is 0 Å². The summed E-state index contributed by atoms with van der Waals surface area (Å²) in [5.74, 6) is -1.60. The number of nitrogens with zero attached hydrogens (tertiary/aromatic N) is 2. The minimum atomic E-state index is -0.849. The fourth-order valence-corrected chi connectivity index (χ4v) is 4.55. The summed E-state index contributed by atoms with van der Waals surface area (Å²) in [4.78, 5) is 31.4. The van der Waals surface area contributed by atoms with Crippen LogP contribution >= 0.6 is 0 Å². The van der Waals surface area contributed by atoms with E-state index in [-0.39, 0.29) is 5.91 Å². The molecule has 1 spiro atoms. The van der Waals surface area contributed by atoms with E-state index in [0.717, 1.165) is 31.2 Å². The van der Waals surface area contributed by atoms with E-state index in [1.165, 1.54) is 0 Å². The minimum Gasteiger partial charge on any atom is -0.481 e. The van der Waals surface area contributed by atoms with Crippen molar-refractivity contribution in [3.05, 3.63) is 65.5 Å². The van der Waals surface area contributed by atoms with E-state index < -0.39 is 17.4 Å². The molecule has 1 aliphatic heterocycles. The Morgan fingerprint density at radius 2 is 1.96 bits per heavy atom.